The Kier molecular flexibility index (Phi) is 7.27. The van der Waals surface area contributed by atoms with Crippen molar-refractivity contribution < 1.29 is 18.0 Å². The number of para-hydroxylation sites is 1. The van der Waals surface area contributed by atoms with E-state index in [-0.39, 0.29) is 35.7 Å². The van der Waals surface area contributed by atoms with Gasteiger partial charge in [-0.2, -0.15) is 4.31 Å². The topological polar surface area (TPSA) is 95.6 Å². The molecule has 3 rings (SSSR count). The second-order valence-corrected chi connectivity index (χ2v) is 11.2. The Morgan fingerprint density at radius 2 is 1.59 bits per heavy atom. The third-order valence-corrected chi connectivity index (χ3v) is 7.36. The molecule has 0 saturated carbocycles. The molecule has 0 unspecified atom stereocenters. The highest BCUT2D eigenvalue weighted by Gasteiger charge is 2.32. The van der Waals surface area contributed by atoms with Gasteiger partial charge in [-0.15, -0.1) is 0 Å². The zero-order chi connectivity index (χ0) is 23.5. The number of piperidine rings is 1. The van der Waals surface area contributed by atoms with Gasteiger partial charge in [0.1, 0.15) is 0 Å². The van der Waals surface area contributed by atoms with Crippen LogP contribution in [0.2, 0.25) is 5.02 Å². The first kappa shape index (κ1) is 24.2. The molecule has 1 aliphatic rings. The number of rotatable bonds is 5. The van der Waals surface area contributed by atoms with Gasteiger partial charge in [0.25, 0.3) is 5.91 Å². The number of hydrogen-bond acceptors (Lipinski definition) is 4. The smallest absolute Gasteiger partial charge is 0.253 e. The molecule has 0 aromatic heterocycles. The lowest BCUT2D eigenvalue weighted by molar-refractivity contribution is -0.120. The fourth-order valence-corrected chi connectivity index (χ4v) is 5.14. The van der Waals surface area contributed by atoms with Crippen LogP contribution in [0.1, 0.15) is 44.0 Å². The van der Waals surface area contributed by atoms with Gasteiger partial charge in [0, 0.05) is 29.6 Å². The van der Waals surface area contributed by atoms with Crippen LogP contribution in [0.3, 0.4) is 0 Å². The Morgan fingerprint density at radius 1 is 1.00 bits per heavy atom. The van der Waals surface area contributed by atoms with Gasteiger partial charge in [-0.25, -0.2) is 8.42 Å². The molecule has 0 bridgehead atoms. The Hall–Kier alpha value is -2.42. The summed E-state index contributed by atoms with van der Waals surface area (Å²) in [5.41, 5.74) is 0.422. The molecule has 32 heavy (non-hydrogen) atoms. The van der Waals surface area contributed by atoms with Crippen molar-refractivity contribution in [1.29, 1.82) is 0 Å². The normalized spacial score (nSPS) is 15.9. The van der Waals surface area contributed by atoms with E-state index >= 15 is 0 Å². The van der Waals surface area contributed by atoms with Crippen molar-refractivity contribution in [3.8, 4) is 0 Å². The first-order chi connectivity index (χ1) is 15.0. The van der Waals surface area contributed by atoms with Crippen molar-refractivity contribution in [2.75, 3.05) is 18.4 Å². The monoisotopic (exact) mass is 477 g/mol. The molecule has 1 saturated heterocycles. The molecule has 2 N–H and O–H groups in total. The Labute approximate surface area is 194 Å². The van der Waals surface area contributed by atoms with Crippen molar-refractivity contribution in [2.24, 2.45) is 5.92 Å². The van der Waals surface area contributed by atoms with Crippen LogP contribution < -0.4 is 10.6 Å². The number of benzene rings is 2. The van der Waals surface area contributed by atoms with E-state index < -0.39 is 15.6 Å². The minimum absolute atomic E-state index is 0.184. The van der Waals surface area contributed by atoms with Gasteiger partial charge < -0.3 is 10.6 Å². The van der Waals surface area contributed by atoms with Crippen LogP contribution in [-0.4, -0.2) is 43.2 Å². The average Bonchev–Trinajstić information content (AvgIpc) is 2.73. The van der Waals surface area contributed by atoms with Crippen LogP contribution in [0.25, 0.3) is 0 Å². The number of nitrogens with zero attached hydrogens (tertiary/aromatic N) is 1. The molecule has 0 atom stereocenters. The van der Waals surface area contributed by atoms with E-state index in [0.29, 0.717) is 29.1 Å². The van der Waals surface area contributed by atoms with Crippen molar-refractivity contribution in [3.05, 3.63) is 59.1 Å². The second-order valence-electron chi connectivity index (χ2n) is 8.87. The molecule has 9 heteroatoms. The molecule has 0 spiro atoms. The van der Waals surface area contributed by atoms with E-state index in [2.05, 4.69) is 10.6 Å². The zero-order valence-electron chi connectivity index (χ0n) is 18.4. The van der Waals surface area contributed by atoms with Gasteiger partial charge in [0.15, 0.2) is 0 Å². The maximum absolute atomic E-state index is 12.9. The Morgan fingerprint density at radius 3 is 2.19 bits per heavy atom. The zero-order valence-corrected chi connectivity index (χ0v) is 20.0. The summed E-state index contributed by atoms with van der Waals surface area (Å²) in [6.45, 7) is 6.15. The third kappa shape index (κ3) is 5.88. The summed E-state index contributed by atoms with van der Waals surface area (Å²) < 4.78 is 27.1. The summed E-state index contributed by atoms with van der Waals surface area (Å²) in [4.78, 5) is 25.7. The van der Waals surface area contributed by atoms with Crippen molar-refractivity contribution in [1.82, 2.24) is 9.62 Å². The number of carbonyl (C=O) groups is 2. The molecule has 2 amide bonds. The summed E-state index contributed by atoms with van der Waals surface area (Å²) in [6.07, 6.45) is 0.796. The van der Waals surface area contributed by atoms with Gasteiger partial charge in [-0.1, -0.05) is 23.7 Å². The van der Waals surface area contributed by atoms with Gasteiger partial charge in [-0.3, -0.25) is 9.59 Å². The standard InChI is InChI=1S/C23H28ClN3O4S/c1-23(2,3)26-22(29)19-6-4-5-7-20(19)25-21(28)16-12-14-27(15-13-16)32(30,31)18-10-8-17(24)9-11-18/h4-11,16H,12-15H2,1-3H3,(H,25,28)(H,26,29). The number of amides is 2. The lowest BCUT2D eigenvalue weighted by Gasteiger charge is -2.30. The van der Waals surface area contributed by atoms with Crippen LogP contribution in [0.4, 0.5) is 5.69 Å². The van der Waals surface area contributed by atoms with Crippen LogP contribution in [0.5, 0.6) is 0 Å². The molecule has 1 heterocycles. The van der Waals surface area contributed by atoms with E-state index in [0.717, 1.165) is 0 Å². The van der Waals surface area contributed by atoms with E-state index in [4.69, 9.17) is 11.6 Å². The summed E-state index contributed by atoms with van der Waals surface area (Å²) in [6, 6.07) is 12.9. The molecule has 7 nitrogen and oxygen atoms in total. The SMILES string of the molecule is CC(C)(C)NC(=O)c1ccccc1NC(=O)C1CCN(S(=O)(=O)c2ccc(Cl)cc2)CC1. The van der Waals surface area contributed by atoms with Gasteiger partial charge in [-0.05, 0) is 70.0 Å². The van der Waals surface area contributed by atoms with Crippen molar-refractivity contribution in [2.45, 2.75) is 44.0 Å². The number of nitrogens with one attached hydrogen (secondary N) is 2. The van der Waals surface area contributed by atoms with Crippen LogP contribution in [0, 0.1) is 5.92 Å². The summed E-state index contributed by atoms with van der Waals surface area (Å²) in [5, 5.41) is 6.22. The highest BCUT2D eigenvalue weighted by atomic mass is 35.5. The van der Waals surface area contributed by atoms with Gasteiger partial charge in [0.2, 0.25) is 15.9 Å². The predicted octanol–water partition coefficient (Wildman–Crippen LogP) is 3.91. The molecule has 1 fully saturated rings. The number of sulfonamides is 1. The molecular weight excluding hydrogens is 450 g/mol. The minimum Gasteiger partial charge on any atom is -0.347 e. The first-order valence-electron chi connectivity index (χ1n) is 10.5. The third-order valence-electron chi connectivity index (χ3n) is 5.19. The minimum atomic E-state index is -3.63. The summed E-state index contributed by atoms with van der Waals surface area (Å²) >= 11 is 5.85. The van der Waals surface area contributed by atoms with Crippen molar-refractivity contribution >= 4 is 39.1 Å². The largest absolute Gasteiger partial charge is 0.347 e. The number of halogens is 1. The quantitative estimate of drug-likeness (QED) is 0.682. The fourth-order valence-electron chi connectivity index (χ4n) is 3.55. The average molecular weight is 478 g/mol. The molecule has 0 aliphatic carbocycles. The Balaban J connectivity index is 1.64. The van der Waals surface area contributed by atoms with Gasteiger partial charge >= 0.3 is 0 Å². The van der Waals surface area contributed by atoms with E-state index in [1.54, 1.807) is 36.4 Å². The summed E-state index contributed by atoms with van der Waals surface area (Å²) in [7, 11) is -3.63. The number of hydrogen-bond donors (Lipinski definition) is 2. The van der Waals surface area contributed by atoms with Crippen LogP contribution in [-0.2, 0) is 14.8 Å². The number of carbonyl (C=O) groups excluding carboxylic acids is 2. The van der Waals surface area contributed by atoms with Crippen LogP contribution >= 0.6 is 11.6 Å². The maximum atomic E-state index is 12.9. The molecule has 1 aliphatic heterocycles. The maximum Gasteiger partial charge on any atom is 0.253 e. The molecule has 2 aromatic carbocycles. The summed E-state index contributed by atoms with van der Waals surface area (Å²) in [5.74, 6) is -0.827. The fraction of sp³-hybridized carbons (Fsp3) is 0.391. The Bertz CT molecular complexity index is 1090. The molecular formula is C23H28ClN3O4S. The molecule has 2 aromatic rings. The van der Waals surface area contributed by atoms with Crippen LogP contribution in [0.15, 0.2) is 53.4 Å². The second kappa shape index (κ2) is 9.60. The highest BCUT2D eigenvalue weighted by Crippen LogP contribution is 2.26. The van der Waals surface area contributed by atoms with Gasteiger partial charge in [0.05, 0.1) is 16.1 Å². The lowest BCUT2D eigenvalue weighted by atomic mass is 9.97. The van der Waals surface area contributed by atoms with E-state index in [1.165, 1.54) is 16.4 Å². The highest BCUT2D eigenvalue weighted by molar-refractivity contribution is 7.89. The number of anilines is 1. The first-order valence-corrected chi connectivity index (χ1v) is 12.3. The van der Waals surface area contributed by atoms with E-state index in [9.17, 15) is 18.0 Å². The molecule has 172 valence electrons. The molecule has 0 radical (unpaired) electrons. The van der Waals surface area contributed by atoms with Crippen molar-refractivity contribution in [3.63, 3.8) is 0 Å². The van der Waals surface area contributed by atoms with E-state index in [1.807, 2.05) is 20.8 Å². The predicted molar refractivity (Wildman–Crippen MR) is 125 cm³/mol. The lowest BCUT2D eigenvalue weighted by Crippen LogP contribution is -2.42.